The number of nitrogens with one attached hydrogen (secondary N) is 3. The summed E-state index contributed by atoms with van der Waals surface area (Å²) in [6, 6.07) is 0.121. The number of aliphatic hydroxyl groups excluding tert-OH is 1. The molecule has 2 aliphatic heterocycles. The Morgan fingerprint density at radius 2 is 1.97 bits per heavy atom. The molecule has 186 valence electrons. The predicted octanol–water partition coefficient (Wildman–Crippen LogP) is 0.644. The zero-order valence-electron chi connectivity index (χ0n) is 19.6. The van der Waals surface area contributed by atoms with Gasteiger partial charge in [-0.25, -0.2) is 8.78 Å². The minimum absolute atomic E-state index is 0.118. The van der Waals surface area contributed by atoms with Gasteiger partial charge in [0.1, 0.15) is 23.7 Å². The summed E-state index contributed by atoms with van der Waals surface area (Å²) in [5.74, 6) is -2.68. The molecule has 0 aromatic heterocycles. The normalized spacial score (nSPS) is 27.1. The Morgan fingerprint density at radius 3 is 2.59 bits per heavy atom. The van der Waals surface area contributed by atoms with E-state index in [-0.39, 0.29) is 24.3 Å². The van der Waals surface area contributed by atoms with Crippen molar-refractivity contribution in [2.45, 2.75) is 57.3 Å². The number of hydrogen-bond acceptors (Lipinski definition) is 5. The fraction of sp³-hybridized carbons (Fsp3) is 0.542. The van der Waals surface area contributed by atoms with Crippen LogP contribution in [-0.4, -0.2) is 72.1 Å². The molecule has 0 radical (unpaired) electrons. The lowest BCUT2D eigenvalue weighted by molar-refractivity contribution is -0.138. The lowest BCUT2D eigenvalue weighted by Gasteiger charge is -2.34. The molecule has 2 unspecified atom stereocenters. The first kappa shape index (κ1) is 25.8. The van der Waals surface area contributed by atoms with Gasteiger partial charge in [0.2, 0.25) is 17.7 Å². The molecule has 1 aromatic rings. The molecule has 5 atom stereocenters. The number of allylic oxidation sites excluding steroid dienone is 2. The molecule has 0 bridgehead atoms. The highest BCUT2D eigenvalue weighted by atomic mass is 19.1. The van der Waals surface area contributed by atoms with E-state index in [1.54, 1.807) is 14.0 Å². The zero-order chi connectivity index (χ0) is 25.0. The smallest absolute Gasteiger partial charge is 0.243 e. The molecule has 10 heteroatoms. The number of rotatable bonds is 8. The lowest BCUT2D eigenvalue weighted by Crippen LogP contribution is -2.64. The van der Waals surface area contributed by atoms with Gasteiger partial charge < -0.3 is 26.0 Å². The van der Waals surface area contributed by atoms with Crippen LogP contribution < -0.4 is 16.0 Å². The minimum Gasteiger partial charge on any atom is -0.389 e. The third kappa shape index (κ3) is 5.61. The van der Waals surface area contributed by atoms with E-state index in [0.29, 0.717) is 19.5 Å². The second kappa shape index (κ2) is 10.6. The number of likely N-dealkylation sites (tertiary alicyclic amines) is 1. The molecular formula is C24H32F2N4O4. The van der Waals surface area contributed by atoms with Crippen molar-refractivity contribution >= 4 is 17.7 Å². The van der Waals surface area contributed by atoms with Gasteiger partial charge in [-0.3, -0.25) is 14.4 Å². The summed E-state index contributed by atoms with van der Waals surface area (Å²) in [6.45, 7) is 4.48. The molecule has 2 aliphatic rings. The van der Waals surface area contributed by atoms with Crippen LogP contribution in [0.3, 0.4) is 0 Å². The maximum atomic E-state index is 13.8. The first-order chi connectivity index (χ1) is 16.1. The molecule has 4 N–H and O–H groups in total. The first-order valence-corrected chi connectivity index (χ1v) is 11.4. The van der Waals surface area contributed by atoms with Gasteiger partial charge in [0, 0.05) is 26.2 Å². The molecule has 2 heterocycles. The number of aliphatic hydroxyl groups is 1. The molecule has 0 aliphatic carbocycles. The third-order valence-corrected chi connectivity index (χ3v) is 6.59. The summed E-state index contributed by atoms with van der Waals surface area (Å²) >= 11 is 0. The number of benzene rings is 1. The maximum absolute atomic E-state index is 13.8. The number of amides is 3. The maximum Gasteiger partial charge on any atom is 0.243 e. The van der Waals surface area contributed by atoms with Gasteiger partial charge in [0.25, 0.3) is 0 Å². The van der Waals surface area contributed by atoms with Gasteiger partial charge in [0.15, 0.2) is 0 Å². The van der Waals surface area contributed by atoms with E-state index >= 15 is 0 Å². The first-order valence-electron chi connectivity index (χ1n) is 11.4. The van der Waals surface area contributed by atoms with Crippen LogP contribution >= 0.6 is 0 Å². The summed E-state index contributed by atoms with van der Waals surface area (Å²) in [4.78, 5) is 39.8. The van der Waals surface area contributed by atoms with Crippen LogP contribution in [0.15, 0.2) is 30.4 Å². The molecular weight excluding hydrogens is 446 g/mol. The minimum atomic E-state index is -1.38. The summed E-state index contributed by atoms with van der Waals surface area (Å²) in [5.41, 5.74) is -0.528. The fourth-order valence-corrected chi connectivity index (χ4v) is 4.68. The summed E-state index contributed by atoms with van der Waals surface area (Å²) in [6.07, 6.45) is 2.98. The van der Waals surface area contributed by atoms with Gasteiger partial charge in [-0.05, 0) is 43.9 Å². The fourth-order valence-electron chi connectivity index (χ4n) is 4.68. The Labute approximate surface area is 197 Å². The van der Waals surface area contributed by atoms with Gasteiger partial charge in [-0.2, -0.15) is 0 Å². The van der Waals surface area contributed by atoms with E-state index < -0.39 is 53.1 Å². The van der Waals surface area contributed by atoms with E-state index in [9.17, 15) is 28.3 Å². The van der Waals surface area contributed by atoms with E-state index in [1.807, 2.05) is 19.1 Å². The van der Waals surface area contributed by atoms with Crippen molar-refractivity contribution in [3.05, 3.63) is 47.5 Å². The monoisotopic (exact) mass is 478 g/mol. The standard InChI is InChI=1S/C24H32F2N4O4/c1-4-5-6-24(2)13-18(30(3)23(24)34)21(32)29-17(11-14-9-15(25)12-16(26)10-14)20(31)19-22(33)28-8-7-27-19/h4-5,9-10,12,17-20,27,31H,6-8,11,13H2,1-3H3,(H,28,33)(H,29,32)/b5-4-/t17-,18?,19-,20-,24?/m0/s1. The van der Waals surface area contributed by atoms with Crippen LogP contribution in [0.4, 0.5) is 8.78 Å². The van der Waals surface area contributed by atoms with Crippen LogP contribution in [0, 0.1) is 17.0 Å². The predicted molar refractivity (Wildman–Crippen MR) is 122 cm³/mol. The quantitative estimate of drug-likeness (QED) is 0.410. The Hall–Kier alpha value is -2.85. The molecule has 2 saturated heterocycles. The van der Waals surface area contributed by atoms with E-state index in [4.69, 9.17) is 0 Å². The highest BCUT2D eigenvalue weighted by Crippen LogP contribution is 2.38. The molecule has 2 fully saturated rings. The van der Waals surface area contributed by atoms with Gasteiger partial charge in [-0.15, -0.1) is 0 Å². The Morgan fingerprint density at radius 1 is 1.29 bits per heavy atom. The highest BCUT2D eigenvalue weighted by molar-refractivity contribution is 5.94. The van der Waals surface area contributed by atoms with E-state index in [2.05, 4.69) is 16.0 Å². The SMILES string of the molecule is C/C=C\CC1(C)CC(C(=O)N[C@@H](Cc2cc(F)cc(F)c2)[C@H](O)[C@@H]2NCCNC2=O)N(C)C1=O. The van der Waals surface area contributed by atoms with Gasteiger partial charge >= 0.3 is 0 Å². The van der Waals surface area contributed by atoms with Crippen molar-refractivity contribution in [1.29, 1.82) is 0 Å². The van der Waals surface area contributed by atoms with Gasteiger partial charge in [0.05, 0.1) is 17.6 Å². The summed E-state index contributed by atoms with van der Waals surface area (Å²) in [5, 5.41) is 19.3. The molecule has 0 saturated carbocycles. The zero-order valence-corrected chi connectivity index (χ0v) is 19.6. The Balaban J connectivity index is 1.83. The van der Waals surface area contributed by atoms with Crippen molar-refractivity contribution in [1.82, 2.24) is 20.9 Å². The van der Waals surface area contributed by atoms with Crippen LogP contribution in [-0.2, 0) is 20.8 Å². The molecule has 1 aromatic carbocycles. The highest BCUT2D eigenvalue weighted by Gasteiger charge is 2.49. The lowest BCUT2D eigenvalue weighted by atomic mass is 9.83. The van der Waals surface area contributed by atoms with Crippen LogP contribution in [0.2, 0.25) is 0 Å². The Kier molecular flexibility index (Phi) is 8.04. The number of likely N-dealkylation sites (N-methyl/N-ethyl adjacent to an activating group) is 1. The van der Waals surface area contributed by atoms with Crippen molar-refractivity contribution in [2.75, 3.05) is 20.1 Å². The van der Waals surface area contributed by atoms with Crippen LogP contribution in [0.5, 0.6) is 0 Å². The molecule has 8 nitrogen and oxygen atoms in total. The van der Waals surface area contributed by atoms with Crippen molar-refractivity contribution in [3.8, 4) is 0 Å². The van der Waals surface area contributed by atoms with Crippen molar-refractivity contribution in [3.63, 3.8) is 0 Å². The molecule has 3 amide bonds. The van der Waals surface area contributed by atoms with Gasteiger partial charge in [-0.1, -0.05) is 19.1 Å². The van der Waals surface area contributed by atoms with Crippen LogP contribution in [0.25, 0.3) is 0 Å². The average Bonchev–Trinajstić information content (AvgIpc) is 3.01. The number of carbonyl (C=O) groups excluding carboxylic acids is 3. The summed E-state index contributed by atoms with van der Waals surface area (Å²) in [7, 11) is 1.55. The molecule has 34 heavy (non-hydrogen) atoms. The topological polar surface area (TPSA) is 111 Å². The number of hydrogen-bond donors (Lipinski definition) is 4. The van der Waals surface area contributed by atoms with E-state index in [0.717, 1.165) is 18.2 Å². The molecule has 0 spiro atoms. The van der Waals surface area contributed by atoms with E-state index in [1.165, 1.54) is 4.90 Å². The molecule has 3 rings (SSSR count). The van der Waals surface area contributed by atoms with Crippen molar-refractivity contribution in [2.24, 2.45) is 5.41 Å². The summed E-state index contributed by atoms with van der Waals surface area (Å²) < 4.78 is 27.5. The average molecular weight is 479 g/mol. The Bertz CT molecular complexity index is 952. The largest absolute Gasteiger partial charge is 0.389 e. The van der Waals surface area contributed by atoms with Crippen molar-refractivity contribution < 1.29 is 28.3 Å². The third-order valence-electron chi connectivity index (χ3n) is 6.59. The second-order valence-corrected chi connectivity index (χ2v) is 9.28. The van der Waals surface area contributed by atoms with Crippen LogP contribution in [0.1, 0.15) is 32.3 Å². The number of piperazine rings is 1. The second-order valence-electron chi connectivity index (χ2n) is 9.28. The number of halogens is 2. The number of nitrogens with zero attached hydrogens (tertiary/aromatic N) is 1. The number of carbonyl (C=O) groups is 3.